The van der Waals surface area contributed by atoms with Crippen molar-refractivity contribution in [3.63, 3.8) is 0 Å². The Bertz CT molecular complexity index is 756. The lowest BCUT2D eigenvalue weighted by atomic mass is 10.2. The number of rotatable bonds is 7. The molecule has 7 heteroatoms. The summed E-state index contributed by atoms with van der Waals surface area (Å²) in [6.45, 7) is 9.53. The molecule has 6 nitrogen and oxygen atoms in total. The zero-order chi connectivity index (χ0) is 19.1. The SMILES string of the molecule is Cc1nc(SCC(=O)NC(=O)NCc2ccccc2)n(CC(C)C)c1C. The van der Waals surface area contributed by atoms with Gasteiger partial charge in [-0.05, 0) is 25.3 Å². The molecule has 0 aliphatic rings. The maximum absolute atomic E-state index is 12.0. The van der Waals surface area contributed by atoms with Crippen LogP contribution in [0.15, 0.2) is 35.5 Å². The molecule has 0 spiro atoms. The van der Waals surface area contributed by atoms with Gasteiger partial charge in [-0.1, -0.05) is 55.9 Å². The zero-order valence-electron chi connectivity index (χ0n) is 15.7. The fourth-order valence-corrected chi connectivity index (χ4v) is 3.33. The van der Waals surface area contributed by atoms with Crippen LogP contribution < -0.4 is 10.6 Å². The number of aryl methyl sites for hydroxylation is 1. The van der Waals surface area contributed by atoms with Gasteiger partial charge in [-0.3, -0.25) is 10.1 Å². The topological polar surface area (TPSA) is 76.0 Å². The van der Waals surface area contributed by atoms with Crippen molar-refractivity contribution in [1.82, 2.24) is 20.2 Å². The van der Waals surface area contributed by atoms with Gasteiger partial charge in [0.1, 0.15) is 0 Å². The summed E-state index contributed by atoms with van der Waals surface area (Å²) in [6, 6.07) is 9.06. The Labute approximate surface area is 158 Å². The van der Waals surface area contributed by atoms with Gasteiger partial charge in [0.2, 0.25) is 5.91 Å². The van der Waals surface area contributed by atoms with E-state index >= 15 is 0 Å². The molecule has 1 aromatic heterocycles. The summed E-state index contributed by atoms with van der Waals surface area (Å²) in [5.41, 5.74) is 3.06. The summed E-state index contributed by atoms with van der Waals surface area (Å²) in [7, 11) is 0. The highest BCUT2D eigenvalue weighted by atomic mass is 32.2. The van der Waals surface area contributed by atoms with E-state index in [1.807, 2.05) is 44.2 Å². The molecule has 0 bridgehead atoms. The number of hydrogen-bond donors (Lipinski definition) is 2. The molecular formula is C19H26N4O2S. The highest BCUT2D eigenvalue weighted by molar-refractivity contribution is 7.99. The van der Waals surface area contributed by atoms with Gasteiger partial charge < -0.3 is 9.88 Å². The van der Waals surface area contributed by atoms with E-state index in [1.165, 1.54) is 11.8 Å². The fourth-order valence-electron chi connectivity index (χ4n) is 2.43. The Morgan fingerprint density at radius 1 is 1.19 bits per heavy atom. The normalized spacial score (nSPS) is 10.8. The minimum atomic E-state index is -0.489. The van der Waals surface area contributed by atoms with Crippen molar-refractivity contribution >= 4 is 23.7 Å². The summed E-state index contributed by atoms with van der Waals surface area (Å²) < 4.78 is 2.13. The van der Waals surface area contributed by atoms with Gasteiger partial charge in [0.25, 0.3) is 0 Å². The van der Waals surface area contributed by atoms with Gasteiger partial charge in [0, 0.05) is 18.8 Å². The molecule has 2 aromatic rings. The lowest BCUT2D eigenvalue weighted by Gasteiger charge is -2.12. The number of imidazole rings is 1. The minimum absolute atomic E-state index is 0.146. The van der Waals surface area contributed by atoms with E-state index in [9.17, 15) is 9.59 Å². The number of amides is 3. The van der Waals surface area contributed by atoms with Gasteiger partial charge in [-0.25, -0.2) is 9.78 Å². The second kappa shape index (κ2) is 9.43. The number of hydrogen-bond acceptors (Lipinski definition) is 4. The Kier molecular flexibility index (Phi) is 7.26. The lowest BCUT2D eigenvalue weighted by Crippen LogP contribution is -2.40. The van der Waals surface area contributed by atoms with Crippen LogP contribution >= 0.6 is 11.8 Å². The van der Waals surface area contributed by atoms with Crippen LogP contribution in [0.4, 0.5) is 4.79 Å². The molecule has 0 atom stereocenters. The van der Waals surface area contributed by atoms with Crippen LogP contribution in [0.5, 0.6) is 0 Å². The Morgan fingerprint density at radius 3 is 2.54 bits per heavy atom. The van der Waals surface area contributed by atoms with Crippen LogP contribution in [-0.2, 0) is 17.9 Å². The first-order valence-electron chi connectivity index (χ1n) is 8.65. The summed E-state index contributed by atoms with van der Waals surface area (Å²) in [5, 5.41) is 5.85. The van der Waals surface area contributed by atoms with Gasteiger partial charge in [-0.15, -0.1) is 0 Å². The zero-order valence-corrected chi connectivity index (χ0v) is 16.5. The first-order valence-corrected chi connectivity index (χ1v) is 9.63. The summed E-state index contributed by atoms with van der Waals surface area (Å²) in [4.78, 5) is 28.4. The van der Waals surface area contributed by atoms with Crippen LogP contribution in [0.3, 0.4) is 0 Å². The number of carbonyl (C=O) groups excluding carboxylic acids is 2. The molecule has 0 aliphatic carbocycles. The maximum Gasteiger partial charge on any atom is 0.321 e. The van der Waals surface area contributed by atoms with Crippen molar-refractivity contribution in [2.75, 3.05) is 5.75 Å². The Morgan fingerprint density at radius 2 is 1.88 bits per heavy atom. The molecule has 0 radical (unpaired) electrons. The first-order chi connectivity index (χ1) is 12.4. The number of benzene rings is 1. The number of nitrogens with one attached hydrogen (secondary N) is 2. The van der Waals surface area contributed by atoms with Crippen molar-refractivity contribution < 1.29 is 9.59 Å². The monoisotopic (exact) mass is 374 g/mol. The maximum atomic E-state index is 12.0. The average Bonchev–Trinajstić information content (AvgIpc) is 2.86. The van der Waals surface area contributed by atoms with Crippen LogP contribution in [0.2, 0.25) is 0 Å². The summed E-state index contributed by atoms with van der Waals surface area (Å²) >= 11 is 1.35. The molecule has 2 rings (SSSR count). The number of urea groups is 1. The Balaban J connectivity index is 1.83. The van der Waals surface area contributed by atoms with Crippen molar-refractivity contribution in [3.8, 4) is 0 Å². The van der Waals surface area contributed by atoms with E-state index in [1.54, 1.807) is 0 Å². The molecule has 0 aliphatic heterocycles. The molecule has 0 saturated heterocycles. The highest BCUT2D eigenvalue weighted by Gasteiger charge is 2.15. The van der Waals surface area contributed by atoms with E-state index in [-0.39, 0.29) is 11.7 Å². The molecular weight excluding hydrogens is 348 g/mol. The molecule has 0 unspecified atom stereocenters. The van der Waals surface area contributed by atoms with E-state index in [0.29, 0.717) is 12.5 Å². The predicted molar refractivity (Wildman–Crippen MR) is 104 cm³/mol. The van der Waals surface area contributed by atoms with Crippen molar-refractivity contribution in [2.24, 2.45) is 5.92 Å². The number of nitrogens with zero attached hydrogens (tertiary/aromatic N) is 2. The number of imide groups is 1. The number of carbonyl (C=O) groups is 2. The number of aromatic nitrogens is 2. The second-order valence-electron chi connectivity index (χ2n) is 6.57. The molecule has 0 fully saturated rings. The van der Waals surface area contributed by atoms with Crippen molar-refractivity contribution in [2.45, 2.75) is 45.9 Å². The summed E-state index contributed by atoms with van der Waals surface area (Å²) in [5.74, 6) is 0.293. The average molecular weight is 375 g/mol. The molecule has 26 heavy (non-hydrogen) atoms. The van der Waals surface area contributed by atoms with Gasteiger partial charge in [0.05, 0.1) is 11.4 Å². The lowest BCUT2D eigenvalue weighted by molar-refractivity contribution is -0.117. The van der Waals surface area contributed by atoms with Crippen molar-refractivity contribution in [3.05, 3.63) is 47.3 Å². The third-order valence-corrected chi connectivity index (χ3v) is 4.83. The van der Waals surface area contributed by atoms with E-state index in [2.05, 4.69) is 34.0 Å². The fraction of sp³-hybridized carbons (Fsp3) is 0.421. The van der Waals surface area contributed by atoms with Crippen molar-refractivity contribution in [1.29, 1.82) is 0 Å². The quantitative estimate of drug-likeness (QED) is 0.729. The smallest absolute Gasteiger partial charge is 0.321 e. The van der Waals surface area contributed by atoms with Gasteiger partial charge >= 0.3 is 6.03 Å². The molecule has 2 N–H and O–H groups in total. The van der Waals surface area contributed by atoms with Crippen LogP contribution in [0.1, 0.15) is 30.8 Å². The summed E-state index contributed by atoms with van der Waals surface area (Å²) in [6.07, 6.45) is 0. The number of thioether (sulfide) groups is 1. The first kappa shape index (κ1) is 20.0. The van der Waals surface area contributed by atoms with Gasteiger partial charge in [-0.2, -0.15) is 0 Å². The highest BCUT2D eigenvalue weighted by Crippen LogP contribution is 2.22. The standard InChI is InChI=1S/C19H26N4O2S/c1-13(2)11-23-15(4)14(3)21-19(23)26-12-17(24)22-18(25)20-10-16-8-6-5-7-9-16/h5-9,13H,10-12H2,1-4H3,(H2,20,22,24,25). The minimum Gasteiger partial charge on any atom is -0.334 e. The molecule has 0 saturated carbocycles. The van der Waals surface area contributed by atoms with Crippen LogP contribution in [0, 0.1) is 19.8 Å². The van der Waals surface area contributed by atoms with Gasteiger partial charge in [0.15, 0.2) is 5.16 Å². The molecule has 140 valence electrons. The van der Waals surface area contributed by atoms with E-state index < -0.39 is 6.03 Å². The largest absolute Gasteiger partial charge is 0.334 e. The van der Waals surface area contributed by atoms with E-state index in [0.717, 1.165) is 28.7 Å². The van der Waals surface area contributed by atoms with Crippen LogP contribution in [-0.4, -0.2) is 27.2 Å². The third-order valence-electron chi connectivity index (χ3n) is 3.85. The van der Waals surface area contributed by atoms with Crippen LogP contribution in [0.25, 0.3) is 0 Å². The molecule has 1 aromatic carbocycles. The molecule has 3 amide bonds. The predicted octanol–water partition coefficient (Wildman–Crippen LogP) is 3.27. The van der Waals surface area contributed by atoms with E-state index in [4.69, 9.17) is 0 Å². The second-order valence-corrected chi connectivity index (χ2v) is 7.52. The third kappa shape index (κ3) is 5.91. The molecule has 1 heterocycles. The Hall–Kier alpha value is -2.28.